The molecule has 0 bridgehead atoms. The maximum atomic E-state index is 4.93. The average molecular weight is 157 g/mol. The summed E-state index contributed by atoms with van der Waals surface area (Å²) in [4.78, 5) is 0. The molecule has 4 heteroatoms. The second-order valence-corrected chi connectivity index (χ2v) is 9.32. The van der Waals surface area contributed by atoms with Gasteiger partial charge >= 0.3 is 5.10 Å². The highest BCUT2D eigenvalue weighted by Gasteiger charge is 2.02. The summed E-state index contributed by atoms with van der Waals surface area (Å²) in [7, 11) is 0. The molecule has 0 amide bonds. The first kappa shape index (κ1) is 7.22. The Labute approximate surface area is 52.4 Å². The van der Waals surface area contributed by atoms with E-state index in [-0.39, 0.29) is 5.10 Å². The third-order valence-electron chi connectivity index (χ3n) is 0.298. The van der Waals surface area contributed by atoms with E-state index in [2.05, 4.69) is 12.5 Å². The van der Waals surface area contributed by atoms with Crippen molar-refractivity contribution in [1.29, 1.82) is 0 Å². The Kier molecular flexibility index (Phi) is 5.27. The van der Waals surface area contributed by atoms with Crippen molar-refractivity contribution in [1.82, 2.24) is 0 Å². The normalized spacial score (nSPS) is 8.33. The first-order chi connectivity index (χ1) is 2.81. The summed E-state index contributed by atoms with van der Waals surface area (Å²) < 4.78 is 0. The lowest BCUT2D eigenvalue weighted by Crippen LogP contribution is -1.33. The van der Waals surface area contributed by atoms with E-state index >= 15 is 0 Å². The fourth-order valence-corrected chi connectivity index (χ4v) is 2.01. The van der Waals surface area contributed by atoms with Gasteiger partial charge in [0.1, 0.15) is 22.8 Å². The van der Waals surface area contributed by atoms with Crippen LogP contribution in [0.2, 0.25) is 0 Å². The monoisotopic (exact) mass is 157 g/mol. The minimum Gasteiger partial charge on any atom is 0.0288 e. The third-order valence-corrected chi connectivity index (χ3v) is 8.05. The minimum absolute atomic E-state index is 0.159. The van der Waals surface area contributed by atoms with Crippen molar-refractivity contribution in [2.24, 2.45) is 0 Å². The van der Waals surface area contributed by atoms with E-state index in [9.17, 15) is 0 Å². The molecule has 0 rings (SSSR count). The SMILES string of the molecule is CS[P+](=S)SC. The molecule has 0 heterocycles. The molecule has 0 aromatic heterocycles. The summed E-state index contributed by atoms with van der Waals surface area (Å²) in [6.45, 7) is 0. The highest BCUT2D eigenvalue weighted by Crippen LogP contribution is 2.46. The van der Waals surface area contributed by atoms with Gasteiger partial charge < -0.3 is 0 Å². The van der Waals surface area contributed by atoms with E-state index in [1.165, 1.54) is 0 Å². The van der Waals surface area contributed by atoms with Gasteiger partial charge in [0, 0.05) is 12.5 Å². The zero-order valence-electron chi connectivity index (χ0n) is 3.67. The van der Waals surface area contributed by atoms with Gasteiger partial charge in [-0.3, -0.25) is 0 Å². The van der Waals surface area contributed by atoms with Crippen LogP contribution in [0.5, 0.6) is 0 Å². The summed E-state index contributed by atoms with van der Waals surface area (Å²) in [6, 6.07) is 0. The Morgan fingerprint density at radius 2 is 1.67 bits per heavy atom. The average Bonchev–Trinajstić information content (AvgIpc) is 1.65. The van der Waals surface area contributed by atoms with Crippen LogP contribution >= 0.6 is 27.9 Å². The standard InChI is InChI=1S/C2H6PS3/c1-5-3(4)6-2/h1-2H3/q+1. The fraction of sp³-hybridized carbons (Fsp3) is 1.00. The Morgan fingerprint density at radius 1 is 1.33 bits per heavy atom. The van der Waals surface area contributed by atoms with E-state index in [1.807, 2.05) is 0 Å². The van der Waals surface area contributed by atoms with E-state index in [1.54, 1.807) is 22.8 Å². The van der Waals surface area contributed by atoms with Crippen LogP contribution in [0.3, 0.4) is 0 Å². The lowest BCUT2D eigenvalue weighted by atomic mass is 12.0. The Hall–Kier alpha value is 1.22. The van der Waals surface area contributed by atoms with E-state index in [0.29, 0.717) is 0 Å². The third kappa shape index (κ3) is 3.41. The highest BCUT2D eigenvalue weighted by atomic mass is 33.2. The summed E-state index contributed by atoms with van der Waals surface area (Å²) >= 11 is 8.47. The van der Waals surface area contributed by atoms with E-state index in [4.69, 9.17) is 11.8 Å². The molecule has 36 valence electrons. The maximum Gasteiger partial charge on any atom is 0.316 e. The maximum absolute atomic E-state index is 4.93. The largest absolute Gasteiger partial charge is 0.316 e. The minimum atomic E-state index is -0.159. The zero-order chi connectivity index (χ0) is 4.99. The first-order valence-electron chi connectivity index (χ1n) is 1.36. The van der Waals surface area contributed by atoms with Crippen LogP contribution in [-0.2, 0) is 11.8 Å². The van der Waals surface area contributed by atoms with Crippen molar-refractivity contribution in [3.05, 3.63) is 0 Å². The van der Waals surface area contributed by atoms with Crippen molar-refractivity contribution in [2.75, 3.05) is 12.5 Å². The number of hydrogen-bond donors (Lipinski definition) is 0. The van der Waals surface area contributed by atoms with Gasteiger partial charge in [0.25, 0.3) is 0 Å². The van der Waals surface area contributed by atoms with Gasteiger partial charge in [-0.05, 0) is 0 Å². The van der Waals surface area contributed by atoms with Gasteiger partial charge in [-0.25, -0.2) is 0 Å². The fourth-order valence-electron chi connectivity index (χ4n) is 0.0745. The molecule has 0 nitrogen and oxygen atoms in total. The van der Waals surface area contributed by atoms with Gasteiger partial charge in [-0.15, -0.1) is 0 Å². The Balaban J connectivity index is 2.99. The van der Waals surface area contributed by atoms with Crippen LogP contribution in [0.1, 0.15) is 0 Å². The quantitative estimate of drug-likeness (QED) is 0.565. The lowest BCUT2D eigenvalue weighted by Gasteiger charge is -1.66. The van der Waals surface area contributed by atoms with Gasteiger partial charge in [0.05, 0.1) is 0 Å². The van der Waals surface area contributed by atoms with E-state index in [0.717, 1.165) is 0 Å². The summed E-state index contributed by atoms with van der Waals surface area (Å²) in [5, 5.41) is -0.159. The molecule has 0 aromatic rings. The van der Waals surface area contributed by atoms with Gasteiger partial charge in [-0.1, -0.05) is 0 Å². The van der Waals surface area contributed by atoms with Crippen molar-refractivity contribution in [3.63, 3.8) is 0 Å². The smallest absolute Gasteiger partial charge is 0.0288 e. The molecule has 0 aliphatic rings. The number of hydrogen-bond acceptors (Lipinski definition) is 3. The predicted octanol–water partition coefficient (Wildman–Crippen LogP) is 2.49. The van der Waals surface area contributed by atoms with E-state index < -0.39 is 0 Å². The second kappa shape index (κ2) is 4.38. The Morgan fingerprint density at radius 3 is 1.67 bits per heavy atom. The Bertz CT molecular complexity index is 46.8. The molecule has 0 spiro atoms. The van der Waals surface area contributed by atoms with Crippen LogP contribution < -0.4 is 0 Å². The molecule has 0 saturated heterocycles. The van der Waals surface area contributed by atoms with Crippen molar-refractivity contribution >= 4 is 39.7 Å². The molecule has 0 N–H and O–H groups in total. The predicted molar refractivity (Wildman–Crippen MR) is 41.3 cm³/mol. The lowest BCUT2D eigenvalue weighted by molar-refractivity contribution is 2.54. The molecule has 0 fully saturated rings. The van der Waals surface area contributed by atoms with Gasteiger partial charge in [-0.2, -0.15) is 0 Å². The first-order valence-corrected chi connectivity index (χ1v) is 7.38. The van der Waals surface area contributed by atoms with Gasteiger partial charge in [0.15, 0.2) is 11.8 Å². The summed E-state index contributed by atoms with van der Waals surface area (Å²) in [6.07, 6.45) is 4.10. The molecular weight excluding hydrogens is 151 g/mol. The molecule has 0 aromatic carbocycles. The van der Waals surface area contributed by atoms with Crippen LogP contribution in [-0.4, -0.2) is 12.5 Å². The van der Waals surface area contributed by atoms with Crippen molar-refractivity contribution < 1.29 is 0 Å². The second-order valence-electron chi connectivity index (χ2n) is 0.589. The van der Waals surface area contributed by atoms with Crippen molar-refractivity contribution in [2.45, 2.75) is 0 Å². The van der Waals surface area contributed by atoms with Crippen molar-refractivity contribution in [3.8, 4) is 0 Å². The highest BCUT2D eigenvalue weighted by molar-refractivity contribution is 8.93. The molecule has 6 heavy (non-hydrogen) atoms. The summed E-state index contributed by atoms with van der Waals surface area (Å²) in [5.74, 6) is 0. The van der Waals surface area contributed by atoms with Crippen LogP contribution in [0.4, 0.5) is 0 Å². The molecule has 0 aliphatic heterocycles. The van der Waals surface area contributed by atoms with Crippen LogP contribution in [0.25, 0.3) is 0 Å². The van der Waals surface area contributed by atoms with Gasteiger partial charge in [0.2, 0.25) is 0 Å². The molecule has 0 atom stereocenters. The summed E-state index contributed by atoms with van der Waals surface area (Å²) in [5.41, 5.74) is 0. The molecule has 0 aliphatic carbocycles. The van der Waals surface area contributed by atoms with Crippen LogP contribution in [0, 0.1) is 0 Å². The molecule has 0 saturated carbocycles. The number of rotatable bonds is 2. The topological polar surface area (TPSA) is 0 Å². The van der Waals surface area contributed by atoms with Crippen LogP contribution in [0.15, 0.2) is 0 Å². The molecule has 0 radical (unpaired) electrons. The zero-order valence-corrected chi connectivity index (χ0v) is 7.02. The molecular formula is C2H6PS3+. The molecule has 0 unspecified atom stereocenters.